The molecule has 0 bridgehead atoms. The zero-order valence-electron chi connectivity index (χ0n) is 8.52. The summed E-state index contributed by atoms with van der Waals surface area (Å²) in [7, 11) is 5.47. The molecule has 0 aromatic carbocycles. The average Bonchev–Trinajstić information content (AvgIpc) is 1.12. The SMILES string of the molecule is CC(C)(C)C.[B]=P(C)(C)C. The zero-order chi connectivity index (χ0) is 9.00. The Morgan fingerprint density at radius 2 is 0.900 bits per heavy atom. The van der Waals surface area contributed by atoms with Crippen molar-refractivity contribution in [2.45, 2.75) is 27.7 Å². The molecule has 10 heavy (non-hydrogen) atoms. The Labute approximate surface area is 67.7 Å². The molecule has 0 heterocycles. The quantitative estimate of drug-likeness (QED) is 0.376. The Kier molecular flexibility index (Phi) is 5.75. The molecule has 0 fully saturated rings. The van der Waals surface area contributed by atoms with Gasteiger partial charge >= 0.3 is 33.9 Å². The molecule has 0 N–H and O–H groups in total. The van der Waals surface area contributed by atoms with Crippen LogP contribution in [-0.4, -0.2) is 27.2 Å². The van der Waals surface area contributed by atoms with Crippen LogP contribution in [0.5, 0.6) is 0 Å². The van der Waals surface area contributed by atoms with Crippen LogP contribution < -0.4 is 0 Å². The second-order valence-corrected chi connectivity index (χ2v) is 9.35. The second-order valence-electron chi connectivity index (χ2n) is 5.12. The Hall–Kier alpha value is 0.495. The molecule has 0 aliphatic carbocycles. The van der Waals surface area contributed by atoms with E-state index in [9.17, 15) is 0 Å². The van der Waals surface area contributed by atoms with E-state index in [2.05, 4.69) is 47.7 Å². The van der Waals surface area contributed by atoms with Crippen molar-refractivity contribution in [3.63, 3.8) is 0 Å². The molecular formula is C8H21BP. The molecular weight excluding hydrogens is 138 g/mol. The summed E-state index contributed by atoms with van der Waals surface area (Å²) in [5, 5.41) is 0. The molecule has 0 aliphatic rings. The summed E-state index contributed by atoms with van der Waals surface area (Å²) in [5.41, 5.74) is 0.500. The summed E-state index contributed by atoms with van der Waals surface area (Å²) >= 11 is 0. The van der Waals surface area contributed by atoms with Crippen LogP contribution in [0.25, 0.3) is 0 Å². The van der Waals surface area contributed by atoms with Gasteiger partial charge in [0.25, 0.3) is 0 Å². The number of hydrogen-bond donors (Lipinski definition) is 0. The van der Waals surface area contributed by atoms with Crippen LogP contribution >= 0.6 is 6.75 Å². The fraction of sp³-hybridized carbons (Fsp3) is 1.00. The van der Waals surface area contributed by atoms with Crippen molar-refractivity contribution in [1.29, 1.82) is 0 Å². The third-order valence-corrected chi connectivity index (χ3v) is 0. The summed E-state index contributed by atoms with van der Waals surface area (Å²) in [6, 6.07) is 0. The molecule has 61 valence electrons. The molecule has 0 nitrogen and oxygen atoms in total. The summed E-state index contributed by atoms with van der Waals surface area (Å²) in [6.07, 6.45) is 0. The molecule has 0 unspecified atom stereocenters. The van der Waals surface area contributed by atoms with Gasteiger partial charge in [0.05, 0.1) is 0 Å². The summed E-state index contributed by atoms with van der Waals surface area (Å²) < 4.78 is 0. The van der Waals surface area contributed by atoms with Crippen LogP contribution in [0.4, 0.5) is 0 Å². The number of rotatable bonds is 0. The first-order chi connectivity index (χ1) is 4.00. The van der Waals surface area contributed by atoms with Crippen molar-refractivity contribution in [3.8, 4) is 0 Å². The first kappa shape index (κ1) is 13.1. The Morgan fingerprint density at radius 1 is 0.900 bits per heavy atom. The van der Waals surface area contributed by atoms with E-state index < -0.39 is 6.75 Å². The van der Waals surface area contributed by atoms with Gasteiger partial charge in [-0.05, 0) is 5.41 Å². The molecule has 0 aromatic rings. The van der Waals surface area contributed by atoms with Crippen LogP contribution in [0.3, 0.4) is 0 Å². The third kappa shape index (κ3) is 1950. The maximum absolute atomic E-state index is 5.47. The van der Waals surface area contributed by atoms with E-state index >= 15 is 0 Å². The first-order valence-corrected chi connectivity index (χ1v) is 6.80. The third-order valence-electron chi connectivity index (χ3n) is 0. The van der Waals surface area contributed by atoms with Gasteiger partial charge in [0.15, 0.2) is 0 Å². The van der Waals surface area contributed by atoms with Crippen LogP contribution in [0.15, 0.2) is 0 Å². The standard InChI is InChI=1S/C5H12.C3H9BP/c2*1-5(2,3)4/h1-4H3;1-3H3. The predicted octanol–water partition coefficient (Wildman–Crippen LogP) is 3.03. The Bertz CT molecular complexity index is 101. The van der Waals surface area contributed by atoms with E-state index in [4.69, 9.17) is 7.18 Å². The molecule has 2 heteroatoms. The van der Waals surface area contributed by atoms with Crippen molar-refractivity contribution in [3.05, 3.63) is 0 Å². The predicted molar refractivity (Wildman–Crippen MR) is 55.6 cm³/mol. The monoisotopic (exact) mass is 159 g/mol. The molecule has 0 amide bonds. The van der Waals surface area contributed by atoms with E-state index in [1.165, 1.54) is 0 Å². The Morgan fingerprint density at radius 3 is 0.900 bits per heavy atom. The van der Waals surface area contributed by atoms with Crippen LogP contribution in [0.1, 0.15) is 27.7 Å². The first-order valence-electron chi connectivity index (χ1n) is 3.60. The molecule has 0 rings (SSSR count). The summed E-state index contributed by atoms with van der Waals surface area (Å²) in [5.74, 6) is 0. The fourth-order valence-corrected chi connectivity index (χ4v) is 0. The van der Waals surface area contributed by atoms with Gasteiger partial charge < -0.3 is 0 Å². The van der Waals surface area contributed by atoms with Gasteiger partial charge in [-0.3, -0.25) is 0 Å². The van der Waals surface area contributed by atoms with Crippen LogP contribution in [-0.2, 0) is 0 Å². The van der Waals surface area contributed by atoms with Crippen LogP contribution in [0, 0.1) is 5.41 Å². The van der Waals surface area contributed by atoms with Gasteiger partial charge in [-0.2, -0.15) is 0 Å². The average molecular weight is 159 g/mol. The van der Waals surface area contributed by atoms with Crippen molar-refractivity contribution in [1.82, 2.24) is 0 Å². The van der Waals surface area contributed by atoms with Crippen molar-refractivity contribution in [2.75, 3.05) is 20.0 Å². The van der Waals surface area contributed by atoms with E-state index in [1.807, 2.05) is 0 Å². The molecule has 0 saturated carbocycles. The number of hydrogen-bond acceptors (Lipinski definition) is 0. The Balaban J connectivity index is 0. The summed E-state index contributed by atoms with van der Waals surface area (Å²) in [6.45, 7) is 14.1. The molecule has 0 aromatic heterocycles. The molecule has 1 radical (unpaired) electrons. The topological polar surface area (TPSA) is 0 Å². The van der Waals surface area contributed by atoms with Crippen LogP contribution in [0.2, 0.25) is 0 Å². The molecule has 0 saturated heterocycles. The molecule has 0 aliphatic heterocycles. The van der Waals surface area contributed by atoms with E-state index in [-0.39, 0.29) is 0 Å². The van der Waals surface area contributed by atoms with E-state index in [0.717, 1.165) is 0 Å². The van der Waals surface area contributed by atoms with Gasteiger partial charge in [0, 0.05) is 0 Å². The maximum atomic E-state index is 5.47. The minimum absolute atomic E-state index is 0.500. The molecule has 0 atom stereocenters. The zero-order valence-corrected chi connectivity index (χ0v) is 9.42. The van der Waals surface area contributed by atoms with Crippen molar-refractivity contribution < 1.29 is 0 Å². The van der Waals surface area contributed by atoms with Gasteiger partial charge in [-0.15, -0.1) is 0 Å². The van der Waals surface area contributed by atoms with Gasteiger partial charge in [0.1, 0.15) is 0 Å². The van der Waals surface area contributed by atoms with E-state index in [0.29, 0.717) is 5.41 Å². The van der Waals surface area contributed by atoms with Gasteiger partial charge in [-0.1, -0.05) is 27.7 Å². The van der Waals surface area contributed by atoms with Gasteiger partial charge in [0.2, 0.25) is 0 Å². The normalized spacial score (nSPS) is 11.8. The fourth-order valence-electron chi connectivity index (χ4n) is 0. The summed E-state index contributed by atoms with van der Waals surface area (Å²) in [4.78, 5) is 0. The van der Waals surface area contributed by atoms with Crippen molar-refractivity contribution in [2.24, 2.45) is 5.41 Å². The van der Waals surface area contributed by atoms with Crippen molar-refractivity contribution >= 4 is 13.9 Å². The van der Waals surface area contributed by atoms with Gasteiger partial charge in [-0.25, -0.2) is 0 Å². The molecule has 0 spiro atoms. The second kappa shape index (κ2) is 4.39. The van der Waals surface area contributed by atoms with E-state index in [1.54, 1.807) is 0 Å². The minimum atomic E-state index is -0.889.